The smallest absolute Gasteiger partial charge is 0.194 e. The average Bonchev–Trinajstić information content (AvgIpc) is 2.93. The second-order valence-corrected chi connectivity index (χ2v) is 6.99. The van der Waals surface area contributed by atoms with Gasteiger partial charge >= 0.3 is 0 Å². The predicted octanol–water partition coefficient (Wildman–Crippen LogP) is 2.67. The van der Waals surface area contributed by atoms with Crippen molar-refractivity contribution in [1.82, 2.24) is 24.9 Å². The summed E-state index contributed by atoms with van der Waals surface area (Å²) in [5.74, 6) is 1.38. The number of rotatable bonds is 9. The van der Waals surface area contributed by atoms with E-state index in [1.165, 1.54) is 11.3 Å². The number of nitrogens with one attached hydrogen (secondary N) is 1. The van der Waals surface area contributed by atoms with E-state index < -0.39 is 0 Å². The van der Waals surface area contributed by atoms with E-state index in [0.29, 0.717) is 12.0 Å². The first-order chi connectivity index (χ1) is 11.8. The molecular weight excluding hydrogens is 312 g/mol. The Labute approximate surface area is 154 Å². The van der Waals surface area contributed by atoms with Gasteiger partial charge in [0.1, 0.15) is 0 Å². The molecule has 0 bridgehead atoms. The fraction of sp³-hybridized carbons (Fsp3) is 0.789. The van der Waals surface area contributed by atoms with E-state index in [1.54, 1.807) is 0 Å². The van der Waals surface area contributed by atoms with Gasteiger partial charge in [-0.25, -0.2) is 0 Å². The van der Waals surface area contributed by atoms with Crippen LogP contribution in [0.4, 0.5) is 0 Å². The normalized spacial score (nSPS) is 13.6. The van der Waals surface area contributed by atoms with Crippen LogP contribution in [0.3, 0.4) is 0 Å². The molecular formula is C19H38N6. The first kappa shape index (κ1) is 21.5. The number of aliphatic imine (C=N–C) groups is 1. The van der Waals surface area contributed by atoms with Crippen molar-refractivity contribution in [2.75, 3.05) is 33.2 Å². The van der Waals surface area contributed by atoms with Gasteiger partial charge in [-0.1, -0.05) is 27.7 Å². The van der Waals surface area contributed by atoms with Crippen LogP contribution in [0.1, 0.15) is 58.7 Å². The van der Waals surface area contributed by atoms with Crippen LogP contribution in [0.25, 0.3) is 0 Å². The maximum atomic E-state index is 4.87. The molecule has 0 saturated carbocycles. The van der Waals surface area contributed by atoms with Crippen molar-refractivity contribution in [2.24, 2.45) is 12.0 Å². The van der Waals surface area contributed by atoms with Crippen LogP contribution < -0.4 is 5.32 Å². The van der Waals surface area contributed by atoms with E-state index in [-0.39, 0.29) is 0 Å². The van der Waals surface area contributed by atoms with Crippen LogP contribution in [0.15, 0.2) is 11.2 Å². The number of hydrogen-bond acceptors (Lipinski definition) is 3. The van der Waals surface area contributed by atoms with Gasteiger partial charge in [0.25, 0.3) is 0 Å². The summed E-state index contributed by atoms with van der Waals surface area (Å²) in [6, 6.07) is 0.446. The van der Waals surface area contributed by atoms with Crippen LogP contribution >= 0.6 is 0 Å². The maximum absolute atomic E-state index is 4.87. The molecule has 1 N–H and O–H groups in total. The lowest BCUT2D eigenvalue weighted by Gasteiger charge is -2.27. The Morgan fingerprint density at radius 2 is 1.88 bits per heavy atom. The molecule has 6 nitrogen and oxygen atoms in total. The SMILES string of the molecule is CCNC(=NCC(C)N(CC)CC)N(C)Cc1cn(C)nc1C(C)C. The number of aromatic nitrogens is 2. The molecule has 0 aliphatic heterocycles. The van der Waals surface area contributed by atoms with Gasteiger partial charge in [-0.05, 0) is 32.9 Å². The topological polar surface area (TPSA) is 48.7 Å². The number of nitrogens with zero attached hydrogens (tertiary/aromatic N) is 5. The summed E-state index contributed by atoms with van der Waals surface area (Å²) in [6.07, 6.45) is 2.12. The van der Waals surface area contributed by atoms with Gasteiger partial charge in [0.15, 0.2) is 5.96 Å². The predicted molar refractivity (Wildman–Crippen MR) is 107 cm³/mol. The quantitative estimate of drug-likeness (QED) is 0.549. The minimum Gasteiger partial charge on any atom is -0.357 e. The van der Waals surface area contributed by atoms with Gasteiger partial charge < -0.3 is 10.2 Å². The first-order valence-electron chi connectivity index (χ1n) is 9.59. The molecule has 25 heavy (non-hydrogen) atoms. The Hall–Kier alpha value is -1.56. The van der Waals surface area contributed by atoms with E-state index in [9.17, 15) is 0 Å². The summed E-state index contributed by atoms with van der Waals surface area (Å²) in [6.45, 7) is 17.8. The fourth-order valence-corrected chi connectivity index (χ4v) is 3.14. The van der Waals surface area contributed by atoms with Crippen molar-refractivity contribution in [3.8, 4) is 0 Å². The van der Waals surface area contributed by atoms with E-state index in [1.807, 2.05) is 11.7 Å². The van der Waals surface area contributed by atoms with E-state index >= 15 is 0 Å². The lowest BCUT2D eigenvalue weighted by Crippen LogP contribution is -2.40. The molecule has 0 spiro atoms. The summed E-state index contributed by atoms with van der Waals surface area (Å²) in [4.78, 5) is 9.50. The van der Waals surface area contributed by atoms with Crippen LogP contribution in [0.2, 0.25) is 0 Å². The van der Waals surface area contributed by atoms with Crippen LogP contribution in [-0.4, -0.2) is 64.8 Å². The van der Waals surface area contributed by atoms with Crippen molar-refractivity contribution >= 4 is 5.96 Å². The van der Waals surface area contributed by atoms with Gasteiger partial charge in [0.05, 0.1) is 12.2 Å². The zero-order valence-electron chi connectivity index (χ0n) is 17.5. The molecule has 6 heteroatoms. The molecule has 0 radical (unpaired) electrons. The highest BCUT2D eigenvalue weighted by Gasteiger charge is 2.16. The summed E-state index contributed by atoms with van der Waals surface area (Å²) >= 11 is 0. The van der Waals surface area contributed by atoms with E-state index in [2.05, 4.69) is 75.0 Å². The van der Waals surface area contributed by atoms with Crippen LogP contribution in [-0.2, 0) is 13.6 Å². The lowest BCUT2D eigenvalue weighted by atomic mass is 10.1. The highest BCUT2D eigenvalue weighted by molar-refractivity contribution is 5.79. The molecule has 0 aliphatic rings. The van der Waals surface area contributed by atoms with Crippen molar-refractivity contribution in [3.05, 3.63) is 17.5 Å². The van der Waals surface area contributed by atoms with E-state index in [4.69, 9.17) is 4.99 Å². The lowest BCUT2D eigenvalue weighted by molar-refractivity contribution is 0.236. The zero-order valence-corrected chi connectivity index (χ0v) is 17.5. The van der Waals surface area contributed by atoms with Gasteiger partial charge in [0, 0.05) is 45.0 Å². The third-order valence-electron chi connectivity index (χ3n) is 4.53. The summed E-state index contributed by atoms with van der Waals surface area (Å²) in [7, 11) is 4.08. The van der Waals surface area contributed by atoms with Gasteiger partial charge in [-0.2, -0.15) is 5.10 Å². The standard InChI is InChI=1S/C19H38N6/c1-9-20-19(21-12-16(6)25(10-2)11-3)23(7)13-17-14-24(8)22-18(17)15(4)5/h14-16H,9-13H2,1-8H3,(H,20,21). The van der Waals surface area contributed by atoms with Gasteiger partial charge in [-0.15, -0.1) is 0 Å². The Kier molecular flexibility index (Phi) is 8.97. The maximum Gasteiger partial charge on any atom is 0.194 e. The van der Waals surface area contributed by atoms with Crippen LogP contribution in [0, 0.1) is 0 Å². The molecule has 1 rings (SSSR count). The molecule has 0 amide bonds. The minimum absolute atomic E-state index is 0.423. The summed E-state index contributed by atoms with van der Waals surface area (Å²) in [5.41, 5.74) is 2.43. The summed E-state index contributed by atoms with van der Waals surface area (Å²) in [5, 5.41) is 8.03. The average molecular weight is 351 g/mol. The third kappa shape index (κ3) is 6.34. The highest BCUT2D eigenvalue weighted by Crippen LogP contribution is 2.18. The highest BCUT2D eigenvalue weighted by atomic mass is 15.3. The molecule has 1 heterocycles. The zero-order chi connectivity index (χ0) is 19.0. The van der Waals surface area contributed by atoms with Crippen LogP contribution in [0.5, 0.6) is 0 Å². The number of hydrogen-bond donors (Lipinski definition) is 1. The Bertz CT molecular complexity index is 530. The fourth-order valence-electron chi connectivity index (χ4n) is 3.14. The Morgan fingerprint density at radius 3 is 2.40 bits per heavy atom. The number of aryl methyl sites for hydroxylation is 1. The Morgan fingerprint density at radius 1 is 1.24 bits per heavy atom. The van der Waals surface area contributed by atoms with Crippen molar-refractivity contribution < 1.29 is 0 Å². The molecule has 0 saturated heterocycles. The third-order valence-corrected chi connectivity index (χ3v) is 4.53. The molecule has 1 aromatic rings. The minimum atomic E-state index is 0.423. The largest absolute Gasteiger partial charge is 0.357 e. The second kappa shape index (κ2) is 10.4. The summed E-state index contributed by atoms with van der Waals surface area (Å²) < 4.78 is 1.91. The number of guanidine groups is 1. The molecule has 1 aromatic heterocycles. The Balaban J connectivity index is 2.85. The van der Waals surface area contributed by atoms with Crippen molar-refractivity contribution in [2.45, 2.75) is 60.0 Å². The molecule has 0 aliphatic carbocycles. The second-order valence-electron chi connectivity index (χ2n) is 6.99. The van der Waals surface area contributed by atoms with E-state index in [0.717, 1.165) is 38.7 Å². The van der Waals surface area contributed by atoms with Gasteiger partial charge in [-0.3, -0.25) is 14.6 Å². The van der Waals surface area contributed by atoms with Crippen molar-refractivity contribution in [1.29, 1.82) is 0 Å². The first-order valence-corrected chi connectivity index (χ1v) is 9.59. The molecule has 1 unspecified atom stereocenters. The van der Waals surface area contributed by atoms with Gasteiger partial charge in [0.2, 0.25) is 0 Å². The molecule has 144 valence electrons. The monoisotopic (exact) mass is 350 g/mol. The molecule has 0 aromatic carbocycles. The molecule has 1 atom stereocenters. The molecule has 0 fully saturated rings. The van der Waals surface area contributed by atoms with Crippen molar-refractivity contribution in [3.63, 3.8) is 0 Å². The number of likely N-dealkylation sites (N-methyl/N-ethyl adjacent to an activating group) is 1.